The number of hydrogen-bond acceptors (Lipinski definition) is 3. The van der Waals surface area contributed by atoms with E-state index in [2.05, 4.69) is 18.0 Å². The summed E-state index contributed by atoms with van der Waals surface area (Å²) >= 11 is 9.42. The Morgan fingerprint density at radius 2 is 2.33 bits per heavy atom. The second-order valence-electron chi connectivity index (χ2n) is 3.11. The number of benzene rings is 1. The fourth-order valence-electron chi connectivity index (χ4n) is 1.17. The van der Waals surface area contributed by atoms with E-state index in [1.54, 1.807) is 23.1 Å². The summed E-state index contributed by atoms with van der Waals surface area (Å²) in [6.07, 6.45) is 1.92. The van der Waals surface area contributed by atoms with Crippen molar-refractivity contribution in [2.45, 2.75) is 17.6 Å². The minimum Gasteiger partial charge on any atom is -0.249 e. The Bertz CT molecular complexity index is 453. The molecule has 4 heteroatoms. The van der Waals surface area contributed by atoms with Gasteiger partial charge in [0.25, 0.3) is 0 Å². The number of nitrogens with zero attached hydrogens (tertiary/aromatic N) is 1. The number of thiazole rings is 1. The van der Waals surface area contributed by atoms with Gasteiger partial charge in [-0.3, -0.25) is 0 Å². The van der Waals surface area contributed by atoms with Crippen molar-refractivity contribution in [2.75, 3.05) is 0 Å². The lowest BCUT2D eigenvalue weighted by molar-refractivity contribution is 1.25. The van der Waals surface area contributed by atoms with Crippen LogP contribution in [0.25, 0.3) is 0 Å². The molecule has 15 heavy (non-hydrogen) atoms. The third kappa shape index (κ3) is 3.23. The number of aromatic nitrogens is 1. The van der Waals surface area contributed by atoms with Crippen LogP contribution in [0.3, 0.4) is 0 Å². The third-order valence-electron chi connectivity index (χ3n) is 1.83. The predicted octanol–water partition coefficient (Wildman–Crippen LogP) is 4.40. The van der Waals surface area contributed by atoms with Crippen molar-refractivity contribution in [3.05, 3.63) is 45.4 Å². The lowest BCUT2D eigenvalue weighted by Crippen LogP contribution is -1.77. The number of halogens is 1. The van der Waals surface area contributed by atoms with Crippen LogP contribution in [-0.2, 0) is 5.75 Å². The fraction of sp³-hybridized carbons (Fsp3) is 0.182. The summed E-state index contributed by atoms with van der Waals surface area (Å²) in [5, 5.41) is 1.95. The zero-order valence-corrected chi connectivity index (χ0v) is 10.6. The van der Waals surface area contributed by atoms with E-state index < -0.39 is 0 Å². The first kappa shape index (κ1) is 11.0. The van der Waals surface area contributed by atoms with Crippen LogP contribution in [0.4, 0.5) is 0 Å². The van der Waals surface area contributed by atoms with Crippen molar-refractivity contribution in [3.8, 4) is 0 Å². The molecule has 0 unspecified atom stereocenters. The molecule has 1 heterocycles. The smallest absolute Gasteiger partial charge is 0.103 e. The van der Waals surface area contributed by atoms with Crippen LogP contribution in [0.1, 0.15) is 9.88 Å². The molecule has 78 valence electrons. The Morgan fingerprint density at radius 3 is 3.00 bits per heavy atom. The van der Waals surface area contributed by atoms with Crippen molar-refractivity contribution < 1.29 is 0 Å². The van der Waals surface area contributed by atoms with Crippen molar-refractivity contribution in [3.63, 3.8) is 0 Å². The maximum atomic E-state index is 5.90. The van der Waals surface area contributed by atoms with Crippen LogP contribution < -0.4 is 0 Å². The van der Waals surface area contributed by atoms with Gasteiger partial charge in [0.2, 0.25) is 0 Å². The van der Waals surface area contributed by atoms with E-state index in [1.807, 2.05) is 24.4 Å². The van der Waals surface area contributed by atoms with E-state index in [9.17, 15) is 0 Å². The van der Waals surface area contributed by atoms with Crippen LogP contribution in [0.15, 0.2) is 35.4 Å². The molecule has 0 saturated heterocycles. The molecule has 2 aromatic rings. The zero-order chi connectivity index (χ0) is 10.7. The van der Waals surface area contributed by atoms with E-state index in [0.29, 0.717) is 0 Å². The van der Waals surface area contributed by atoms with E-state index in [4.69, 9.17) is 11.6 Å². The minimum absolute atomic E-state index is 0.787. The summed E-state index contributed by atoms with van der Waals surface area (Å²) in [6.45, 7) is 2.07. The first-order valence-corrected chi connectivity index (χ1v) is 6.72. The van der Waals surface area contributed by atoms with Gasteiger partial charge in [0.05, 0.1) is 5.75 Å². The normalized spacial score (nSPS) is 10.5. The number of hydrogen-bond donors (Lipinski definition) is 0. The van der Waals surface area contributed by atoms with E-state index in [1.165, 1.54) is 9.77 Å². The highest BCUT2D eigenvalue weighted by Gasteiger charge is 2.00. The SMILES string of the molecule is Cc1cnc(CSc2cccc(Cl)c2)s1. The quantitative estimate of drug-likeness (QED) is 0.754. The lowest BCUT2D eigenvalue weighted by atomic mass is 10.4. The molecular formula is C11H10ClNS2. The Kier molecular flexibility index (Phi) is 3.67. The average Bonchev–Trinajstić information content (AvgIpc) is 2.62. The van der Waals surface area contributed by atoms with Crippen molar-refractivity contribution in [2.24, 2.45) is 0 Å². The molecule has 0 amide bonds. The van der Waals surface area contributed by atoms with Gasteiger partial charge in [0.1, 0.15) is 5.01 Å². The monoisotopic (exact) mass is 255 g/mol. The molecule has 0 saturated carbocycles. The third-order valence-corrected chi connectivity index (χ3v) is 4.16. The second-order valence-corrected chi connectivity index (χ2v) is 5.92. The van der Waals surface area contributed by atoms with Crippen molar-refractivity contribution >= 4 is 34.7 Å². The van der Waals surface area contributed by atoms with E-state index >= 15 is 0 Å². The standard InChI is InChI=1S/C11H10ClNS2/c1-8-6-13-11(15-8)7-14-10-4-2-3-9(12)5-10/h2-6H,7H2,1H3. The van der Waals surface area contributed by atoms with Crippen LogP contribution in [0, 0.1) is 6.92 Å². The van der Waals surface area contributed by atoms with E-state index in [0.717, 1.165) is 15.8 Å². The Labute approximate surface area is 103 Å². The summed E-state index contributed by atoms with van der Waals surface area (Å²) in [5.41, 5.74) is 0. The Morgan fingerprint density at radius 1 is 1.47 bits per heavy atom. The second kappa shape index (κ2) is 5.01. The maximum absolute atomic E-state index is 5.90. The zero-order valence-electron chi connectivity index (χ0n) is 8.24. The van der Waals surface area contributed by atoms with Gasteiger partial charge in [-0.1, -0.05) is 17.7 Å². The molecule has 0 aliphatic carbocycles. The molecule has 0 aliphatic heterocycles. The molecular weight excluding hydrogens is 246 g/mol. The van der Waals surface area contributed by atoms with Gasteiger partial charge in [0.15, 0.2) is 0 Å². The molecule has 0 spiro atoms. The molecule has 1 aromatic carbocycles. The average molecular weight is 256 g/mol. The molecule has 0 aliphatic rings. The van der Waals surface area contributed by atoms with Crippen LogP contribution in [-0.4, -0.2) is 4.98 Å². The highest BCUT2D eigenvalue weighted by atomic mass is 35.5. The maximum Gasteiger partial charge on any atom is 0.103 e. The minimum atomic E-state index is 0.787. The van der Waals surface area contributed by atoms with Gasteiger partial charge in [0, 0.05) is 21.0 Å². The van der Waals surface area contributed by atoms with Gasteiger partial charge in [-0.2, -0.15) is 0 Å². The summed E-state index contributed by atoms with van der Waals surface area (Å²) in [5.74, 6) is 0.916. The van der Waals surface area contributed by atoms with Gasteiger partial charge in [-0.15, -0.1) is 23.1 Å². The Hall–Kier alpha value is -0.510. The van der Waals surface area contributed by atoms with Crippen LogP contribution in [0.5, 0.6) is 0 Å². The van der Waals surface area contributed by atoms with Crippen LogP contribution >= 0.6 is 34.7 Å². The lowest BCUT2D eigenvalue weighted by Gasteiger charge is -1.99. The van der Waals surface area contributed by atoms with E-state index in [-0.39, 0.29) is 0 Å². The molecule has 0 fully saturated rings. The van der Waals surface area contributed by atoms with Crippen LogP contribution in [0.2, 0.25) is 5.02 Å². The van der Waals surface area contributed by atoms with Gasteiger partial charge < -0.3 is 0 Å². The molecule has 0 bridgehead atoms. The number of rotatable bonds is 3. The summed E-state index contributed by atoms with van der Waals surface area (Å²) in [4.78, 5) is 6.77. The topological polar surface area (TPSA) is 12.9 Å². The molecule has 0 atom stereocenters. The predicted molar refractivity (Wildman–Crippen MR) is 67.9 cm³/mol. The van der Waals surface area contributed by atoms with Gasteiger partial charge in [-0.05, 0) is 25.1 Å². The number of aryl methyl sites for hydroxylation is 1. The highest BCUT2D eigenvalue weighted by Crippen LogP contribution is 2.26. The summed E-state index contributed by atoms with van der Waals surface area (Å²) in [7, 11) is 0. The first-order chi connectivity index (χ1) is 7.24. The van der Waals surface area contributed by atoms with Gasteiger partial charge in [-0.25, -0.2) is 4.98 Å². The molecule has 1 aromatic heterocycles. The molecule has 0 radical (unpaired) electrons. The largest absolute Gasteiger partial charge is 0.249 e. The summed E-state index contributed by atoms with van der Waals surface area (Å²) in [6, 6.07) is 7.90. The number of thioether (sulfide) groups is 1. The Balaban J connectivity index is 1.99. The molecule has 2 rings (SSSR count). The van der Waals surface area contributed by atoms with Crippen molar-refractivity contribution in [1.82, 2.24) is 4.98 Å². The molecule has 0 N–H and O–H groups in total. The van der Waals surface area contributed by atoms with Crippen molar-refractivity contribution in [1.29, 1.82) is 0 Å². The fourth-order valence-corrected chi connectivity index (χ4v) is 3.17. The highest BCUT2D eigenvalue weighted by molar-refractivity contribution is 7.98. The first-order valence-electron chi connectivity index (χ1n) is 4.54. The molecule has 1 nitrogen and oxygen atoms in total. The summed E-state index contributed by atoms with van der Waals surface area (Å²) < 4.78 is 0. The van der Waals surface area contributed by atoms with Gasteiger partial charge >= 0.3 is 0 Å².